The number of nitrogens with one attached hydrogen (secondary N) is 1. The lowest BCUT2D eigenvalue weighted by Crippen LogP contribution is -2.34. The molecule has 0 aliphatic carbocycles. The van der Waals surface area contributed by atoms with Gasteiger partial charge in [-0.05, 0) is 56.5 Å². The second kappa shape index (κ2) is 10.5. The summed E-state index contributed by atoms with van der Waals surface area (Å²) in [5.74, 6) is 0.245. The van der Waals surface area contributed by atoms with Crippen LogP contribution in [0.3, 0.4) is 0 Å². The average molecular weight is 508 g/mol. The number of nitrogen functional groups attached to an aromatic ring is 1. The van der Waals surface area contributed by atoms with Crippen molar-refractivity contribution in [2.45, 2.75) is 50.8 Å². The number of hydrogen-bond donors (Lipinski definition) is 3. The first-order chi connectivity index (χ1) is 17.1. The topological polar surface area (TPSA) is 149 Å². The first kappa shape index (κ1) is 25.4. The standard InChI is InChI=1S/C25H29N7O3S/c1-16-6-7-21(36(34,35)31-17(2)9-18(3)33)10-22(16)23-13-28-25(26)24(30-23)20-12-29-32(15-20)14-19-5-4-8-27-11-19/h4-8,10-13,15,17-18,31,33H,9,14H2,1-3H3,(H2,26,28). The Bertz CT molecular complexity index is 1450. The van der Waals surface area contributed by atoms with Crippen molar-refractivity contribution in [1.29, 1.82) is 0 Å². The van der Waals surface area contributed by atoms with E-state index in [9.17, 15) is 13.5 Å². The highest BCUT2D eigenvalue weighted by Crippen LogP contribution is 2.29. The molecule has 0 aliphatic rings. The van der Waals surface area contributed by atoms with E-state index >= 15 is 0 Å². The van der Waals surface area contributed by atoms with Gasteiger partial charge in [-0.3, -0.25) is 9.67 Å². The van der Waals surface area contributed by atoms with Crippen molar-refractivity contribution in [2.75, 3.05) is 5.73 Å². The third kappa shape index (κ3) is 5.93. The van der Waals surface area contributed by atoms with Gasteiger partial charge in [0.25, 0.3) is 0 Å². The molecule has 3 heterocycles. The number of aliphatic hydroxyl groups is 1. The van der Waals surface area contributed by atoms with Gasteiger partial charge in [0, 0.05) is 35.8 Å². The van der Waals surface area contributed by atoms with Crippen molar-refractivity contribution in [3.05, 3.63) is 72.4 Å². The van der Waals surface area contributed by atoms with Crippen LogP contribution in [-0.2, 0) is 16.6 Å². The van der Waals surface area contributed by atoms with Crippen molar-refractivity contribution < 1.29 is 13.5 Å². The monoisotopic (exact) mass is 507 g/mol. The van der Waals surface area contributed by atoms with E-state index in [4.69, 9.17) is 10.7 Å². The van der Waals surface area contributed by atoms with Crippen LogP contribution in [0.5, 0.6) is 0 Å². The van der Waals surface area contributed by atoms with Gasteiger partial charge in [-0.25, -0.2) is 23.1 Å². The largest absolute Gasteiger partial charge is 0.393 e. The van der Waals surface area contributed by atoms with Crippen LogP contribution < -0.4 is 10.5 Å². The maximum absolute atomic E-state index is 12.9. The molecule has 2 atom stereocenters. The molecular formula is C25H29N7O3S. The minimum Gasteiger partial charge on any atom is -0.393 e. The minimum atomic E-state index is -3.80. The Morgan fingerprint density at radius 1 is 1.17 bits per heavy atom. The van der Waals surface area contributed by atoms with Crippen LogP contribution in [0.2, 0.25) is 0 Å². The molecule has 4 rings (SSSR count). The van der Waals surface area contributed by atoms with Gasteiger partial charge in [0.1, 0.15) is 11.5 Å². The molecule has 0 fully saturated rings. The number of aliphatic hydroxyl groups excluding tert-OH is 1. The summed E-state index contributed by atoms with van der Waals surface area (Å²) in [7, 11) is -3.80. The van der Waals surface area contributed by atoms with Crippen molar-refractivity contribution in [1.82, 2.24) is 29.5 Å². The summed E-state index contributed by atoms with van der Waals surface area (Å²) in [6.45, 7) is 5.75. The molecule has 0 saturated carbocycles. The highest BCUT2D eigenvalue weighted by Gasteiger charge is 2.21. The number of nitrogens with zero attached hydrogens (tertiary/aromatic N) is 5. The summed E-state index contributed by atoms with van der Waals surface area (Å²) < 4.78 is 30.3. The number of aryl methyl sites for hydroxylation is 1. The zero-order valence-electron chi connectivity index (χ0n) is 20.3. The van der Waals surface area contributed by atoms with Crippen LogP contribution in [0.4, 0.5) is 5.82 Å². The number of rotatable bonds is 9. The van der Waals surface area contributed by atoms with Crippen molar-refractivity contribution in [3.8, 4) is 22.5 Å². The fraction of sp³-hybridized carbons (Fsp3) is 0.280. The fourth-order valence-corrected chi connectivity index (χ4v) is 5.21. The Labute approximate surface area is 210 Å². The second-order valence-corrected chi connectivity index (χ2v) is 10.6. The summed E-state index contributed by atoms with van der Waals surface area (Å²) in [6, 6.07) is 8.25. The first-order valence-corrected chi connectivity index (χ1v) is 13.0. The van der Waals surface area contributed by atoms with E-state index in [2.05, 4.69) is 19.8 Å². The highest BCUT2D eigenvalue weighted by atomic mass is 32.2. The molecule has 11 heteroatoms. The van der Waals surface area contributed by atoms with E-state index in [0.717, 1.165) is 11.1 Å². The van der Waals surface area contributed by atoms with Crippen molar-refractivity contribution >= 4 is 15.8 Å². The Morgan fingerprint density at radius 3 is 2.69 bits per heavy atom. The van der Waals surface area contributed by atoms with Crippen molar-refractivity contribution in [3.63, 3.8) is 0 Å². The lowest BCUT2D eigenvalue weighted by atomic mass is 10.1. The fourth-order valence-electron chi connectivity index (χ4n) is 3.93. The van der Waals surface area contributed by atoms with E-state index in [1.807, 2.05) is 25.3 Å². The summed E-state index contributed by atoms with van der Waals surface area (Å²) >= 11 is 0. The number of pyridine rings is 1. The van der Waals surface area contributed by atoms with Crippen LogP contribution in [-0.4, -0.2) is 50.4 Å². The molecule has 0 aliphatic heterocycles. The Morgan fingerprint density at radius 2 is 1.97 bits per heavy atom. The first-order valence-electron chi connectivity index (χ1n) is 11.5. The number of aromatic nitrogens is 5. The average Bonchev–Trinajstić information content (AvgIpc) is 3.27. The molecule has 4 N–H and O–H groups in total. The molecule has 188 valence electrons. The maximum Gasteiger partial charge on any atom is 0.240 e. The predicted molar refractivity (Wildman–Crippen MR) is 137 cm³/mol. The minimum absolute atomic E-state index is 0.102. The van der Waals surface area contributed by atoms with Crippen molar-refractivity contribution in [2.24, 2.45) is 0 Å². The second-order valence-electron chi connectivity index (χ2n) is 8.86. The van der Waals surface area contributed by atoms with Gasteiger partial charge >= 0.3 is 0 Å². The van der Waals surface area contributed by atoms with Gasteiger partial charge in [0.2, 0.25) is 10.0 Å². The summed E-state index contributed by atoms with van der Waals surface area (Å²) in [4.78, 5) is 13.3. The van der Waals surface area contributed by atoms with Gasteiger partial charge in [-0.1, -0.05) is 12.1 Å². The van der Waals surface area contributed by atoms with Crippen LogP contribution in [0, 0.1) is 6.92 Å². The number of hydrogen-bond acceptors (Lipinski definition) is 8. The summed E-state index contributed by atoms with van der Waals surface area (Å²) in [6.07, 6.45) is 8.21. The van der Waals surface area contributed by atoms with Gasteiger partial charge in [-0.15, -0.1) is 0 Å². The molecule has 1 aromatic carbocycles. The third-order valence-electron chi connectivity index (χ3n) is 5.62. The van der Waals surface area contributed by atoms with Gasteiger partial charge in [0.05, 0.1) is 35.6 Å². The van der Waals surface area contributed by atoms with Gasteiger partial charge < -0.3 is 10.8 Å². The van der Waals surface area contributed by atoms with Crippen LogP contribution in [0.25, 0.3) is 22.5 Å². The summed E-state index contributed by atoms with van der Waals surface area (Å²) in [5.41, 5.74) is 10.3. The van der Waals surface area contributed by atoms with E-state index < -0.39 is 22.2 Å². The SMILES string of the molecule is Cc1ccc(S(=O)(=O)NC(C)CC(C)O)cc1-c1cnc(N)c(-c2cnn(Cc3cccnc3)c2)n1. The van der Waals surface area contributed by atoms with Crippen LogP contribution in [0.15, 0.2) is 66.2 Å². The lowest BCUT2D eigenvalue weighted by molar-refractivity contribution is 0.175. The third-order valence-corrected chi connectivity index (χ3v) is 7.21. The molecule has 2 unspecified atom stereocenters. The molecular weight excluding hydrogens is 478 g/mol. The van der Waals surface area contributed by atoms with E-state index in [-0.39, 0.29) is 10.7 Å². The van der Waals surface area contributed by atoms with E-state index in [1.54, 1.807) is 55.3 Å². The smallest absolute Gasteiger partial charge is 0.240 e. The summed E-state index contributed by atoms with van der Waals surface area (Å²) in [5, 5.41) is 14.0. The predicted octanol–water partition coefficient (Wildman–Crippen LogP) is 2.78. The zero-order valence-corrected chi connectivity index (χ0v) is 21.1. The van der Waals surface area contributed by atoms with E-state index in [0.29, 0.717) is 35.5 Å². The quantitative estimate of drug-likeness (QED) is 0.313. The molecule has 0 bridgehead atoms. The molecule has 36 heavy (non-hydrogen) atoms. The molecule has 0 saturated heterocycles. The number of sulfonamides is 1. The zero-order chi connectivity index (χ0) is 25.9. The van der Waals surface area contributed by atoms with Gasteiger partial charge in [-0.2, -0.15) is 5.10 Å². The molecule has 0 amide bonds. The van der Waals surface area contributed by atoms with E-state index in [1.165, 1.54) is 6.20 Å². The Hall–Kier alpha value is -3.67. The lowest BCUT2D eigenvalue weighted by Gasteiger charge is -2.16. The Balaban J connectivity index is 1.64. The molecule has 3 aromatic heterocycles. The Kier molecular flexibility index (Phi) is 7.43. The normalized spacial score (nSPS) is 13.4. The number of nitrogens with two attached hydrogens (primary N) is 1. The maximum atomic E-state index is 12.9. The van der Waals surface area contributed by atoms with Crippen LogP contribution >= 0.6 is 0 Å². The number of benzene rings is 1. The molecule has 10 nitrogen and oxygen atoms in total. The van der Waals surface area contributed by atoms with Gasteiger partial charge in [0.15, 0.2) is 0 Å². The number of anilines is 1. The highest BCUT2D eigenvalue weighted by molar-refractivity contribution is 7.89. The molecule has 0 spiro atoms. The molecule has 4 aromatic rings. The van der Waals surface area contributed by atoms with Crippen LogP contribution in [0.1, 0.15) is 31.4 Å². The molecule has 0 radical (unpaired) electrons.